The summed E-state index contributed by atoms with van der Waals surface area (Å²) < 4.78 is 11.5. The minimum Gasteiger partial charge on any atom is -0.493 e. The molecule has 1 fully saturated rings. The van der Waals surface area contributed by atoms with E-state index in [1.807, 2.05) is 12.1 Å². The molecule has 0 saturated carbocycles. The summed E-state index contributed by atoms with van der Waals surface area (Å²) in [7, 11) is 1.63. The summed E-state index contributed by atoms with van der Waals surface area (Å²) in [6.45, 7) is 7.55. The first-order chi connectivity index (χ1) is 13.5. The SMILES string of the molecule is CCN1CCC(O)C(Cc2cc(N)c(OCc3ccc(C)cc3)c(OC)c2)C1. The van der Waals surface area contributed by atoms with E-state index in [0.717, 1.165) is 43.6 Å². The molecule has 1 aliphatic rings. The summed E-state index contributed by atoms with van der Waals surface area (Å²) in [5, 5.41) is 10.4. The number of rotatable bonds is 7. The summed E-state index contributed by atoms with van der Waals surface area (Å²) in [4.78, 5) is 2.39. The van der Waals surface area contributed by atoms with Crippen molar-refractivity contribution in [2.75, 3.05) is 32.5 Å². The average molecular weight is 385 g/mol. The number of aliphatic hydroxyl groups is 1. The van der Waals surface area contributed by atoms with E-state index in [1.165, 1.54) is 5.56 Å². The molecule has 0 bridgehead atoms. The maximum atomic E-state index is 10.4. The summed E-state index contributed by atoms with van der Waals surface area (Å²) >= 11 is 0. The molecule has 0 spiro atoms. The van der Waals surface area contributed by atoms with Crippen LogP contribution in [0.15, 0.2) is 36.4 Å². The lowest BCUT2D eigenvalue weighted by molar-refractivity contribution is 0.0290. The van der Waals surface area contributed by atoms with Crippen LogP contribution >= 0.6 is 0 Å². The van der Waals surface area contributed by atoms with Crippen molar-refractivity contribution in [2.24, 2.45) is 5.92 Å². The Morgan fingerprint density at radius 1 is 1.18 bits per heavy atom. The van der Waals surface area contributed by atoms with E-state index in [0.29, 0.717) is 23.8 Å². The van der Waals surface area contributed by atoms with Crippen molar-refractivity contribution in [1.82, 2.24) is 4.90 Å². The van der Waals surface area contributed by atoms with Gasteiger partial charge in [0.15, 0.2) is 11.5 Å². The second-order valence-corrected chi connectivity index (χ2v) is 7.70. The van der Waals surface area contributed by atoms with E-state index in [9.17, 15) is 5.11 Å². The summed E-state index contributed by atoms with van der Waals surface area (Å²) in [5.41, 5.74) is 10.2. The standard InChI is InChI=1S/C23H32N2O3/c1-4-25-10-9-21(26)19(14-25)11-18-12-20(24)23(22(13-18)27-3)28-15-17-7-5-16(2)6-8-17/h5-8,12-13,19,21,26H,4,9-11,14-15,24H2,1-3H3. The van der Waals surface area contributed by atoms with Gasteiger partial charge in [0.05, 0.1) is 18.9 Å². The van der Waals surface area contributed by atoms with Crippen LogP contribution in [0.25, 0.3) is 0 Å². The van der Waals surface area contributed by atoms with Crippen LogP contribution < -0.4 is 15.2 Å². The second kappa shape index (κ2) is 9.30. The van der Waals surface area contributed by atoms with Crippen LogP contribution in [0.2, 0.25) is 0 Å². The van der Waals surface area contributed by atoms with Crippen molar-refractivity contribution in [3.63, 3.8) is 0 Å². The number of aliphatic hydroxyl groups excluding tert-OH is 1. The smallest absolute Gasteiger partial charge is 0.184 e. The lowest BCUT2D eigenvalue weighted by atomic mass is 9.88. The predicted octanol–water partition coefficient (Wildman–Crippen LogP) is 3.41. The Kier molecular flexibility index (Phi) is 6.81. The molecule has 5 heteroatoms. The van der Waals surface area contributed by atoms with Crippen LogP contribution in [0.4, 0.5) is 5.69 Å². The van der Waals surface area contributed by atoms with Crippen LogP contribution in [0, 0.1) is 12.8 Å². The van der Waals surface area contributed by atoms with Gasteiger partial charge in [-0.1, -0.05) is 36.8 Å². The molecular weight excluding hydrogens is 352 g/mol. The molecule has 0 aromatic heterocycles. The topological polar surface area (TPSA) is 68.0 Å². The van der Waals surface area contributed by atoms with Crippen molar-refractivity contribution in [2.45, 2.75) is 39.4 Å². The minimum absolute atomic E-state index is 0.206. The molecule has 1 aliphatic heterocycles. The number of methoxy groups -OCH3 is 1. The third kappa shape index (κ3) is 4.97. The summed E-state index contributed by atoms with van der Waals surface area (Å²) in [6, 6.07) is 12.2. The van der Waals surface area contributed by atoms with Crippen LogP contribution in [0.5, 0.6) is 11.5 Å². The maximum Gasteiger partial charge on any atom is 0.184 e. The highest BCUT2D eigenvalue weighted by Crippen LogP contribution is 2.36. The molecule has 0 radical (unpaired) electrons. The molecule has 152 valence electrons. The zero-order chi connectivity index (χ0) is 20.1. The van der Waals surface area contributed by atoms with Crippen LogP contribution in [-0.2, 0) is 13.0 Å². The van der Waals surface area contributed by atoms with Gasteiger partial charge in [-0.3, -0.25) is 0 Å². The first-order valence-corrected chi connectivity index (χ1v) is 10.0. The van der Waals surface area contributed by atoms with Gasteiger partial charge in [-0.05, 0) is 49.6 Å². The molecule has 1 heterocycles. The van der Waals surface area contributed by atoms with Gasteiger partial charge in [-0.25, -0.2) is 0 Å². The molecule has 0 amide bonds. The molecule has 3 N–H and O–H groups in total. The van der Waals surface area contributed by atoms with Crippen molar-refractivity contribution >= 4 is 5.69 Å². The van der Waals surface area contributed by atoms with Gasteiger partial charge in [-0.15, -0.1) is 0 Å². The lowest BCUT2D eigenvalue weighted by Crippen LogP contribution is -2.43. The zero-order valence-corrected chi connectivity index (χ0v) is 17.1. The number of benzene rings is 2. The predicted molar refractivity (Wildman–Crippen MR) is 113 cm³/mol. The number of nitrogen functional groups attached to an aromatic ring is 1. The number of anilines is 1. The first-order valence-electron chi connectivity index (χ1n) is 10.0. The van der Waals surface area contributed by atoms with Gasteiger partial charge in [-0.2, -0.15) is 0 Å². The molecule has 1 saturated heterocycles. The molecule has 5 nitrogen and oxygen atoms in total. The zero-order valence-electron chi connectivity index (χ0n) is 17.1. The van der Waals surface area contributed by atoms with Crippen LogP contribution in [0.1, 0.15) is 30.0 Å². The van der Waals surface area contributed by atoms with Crippen molar-refractivity contribution in [1.29, 1.82) is 0 Å². The van der Waals surface area contributed by atoms with Gasteiger partial charge < -0.3 is 25.2 Å². The Morgan fingerprint density at radius 2 is 1.93 bits per heavy atom. The number of piperidine rings is 1. The molecule has 3 rings (SSSR count). The molecular formula is C23H32N2O3. The van der Waals surface area contributed by atoms with E-state index in [1.54, 1.807) is 7.11 Å². The van der Waals surface area contributed by atoms with E-state index in [4.69, 9.17) is 15.2 Å². The molecule has 0 aliphatic carbocycles. The third-order valence-electron chi connectivity index (χ3n) is 5.59. The quantitative estimate of drug-likeness (QED) is 0.716. The maximum absolute atomic E-state index is 10.4. The van der Waals surface area contributed by atoms with Crippen molar-refractivity contribution in [3.8, 4) is 11.5 Å². The largest absolute Gasteiger partial charge is 0.493 e. The Balaban J connectivity index is 1.72. The van der Waals surface area contributed by atoms with E-state index < -0.39 is 0 Å². The average Bonchev–Trinajstić information content (AvgIpc) is 2.69. The van der Waals surface area contributed by atoms with Gasteiger partial charge in [0.25, 0.3) is 0 Å². The Morgan fingerprint density at radius 3 is 2.61 bits per heavy atom. The number of nitrogens with two attached hydrogens (primary N) is 1. The highest BCUT2D eigenvalue weighted by Gasteiger charge is 2.27. The van der Waals surface area contributed by atoms with E-state index in [-0.39, 0.29) is 12.0 Å². The lowest BCUT2D eigenvalue weighted by Gasteiger charge is -2.35. The number of aryl methyl sites for hydroxylation is 1. The van der Waals surface area contributed by atoms with Gasteiger partial charge >= 0.3 is 0 Å². The molecule has 2 aromatic rings. The fraction of sp³-hybridized carbons (Fsp3) is 0.478. The van der Waals surface area contributed by atoms with Gasteiger partial charge in [0.2, 0.25) is 0 Å². The van der Waals surface area contributed by atoms with E-state index in [2.05, 4.69) is 43.0 Å². The first kappa shape index (κ1) is 20.5. The summed E-state index contributed by atoms with van der Waals surface area (Å²) in [5.74, 6) is 1.42. The fourth-order valence-electron chi connectivity index (χ4n) is 3.83. The minimum atomic E-state index is -0.271. The highest BCUT2D eigenvalue weighted by molar-refractivity contribution is 5.62. The fourth-order valence-corrected chi connectivity index (χ4v) is 3.83. The number of hydrogen-bond acceptors (Lipinski definition) is 5. The molecule has 2 aromatic carbocycles. The monoisotopic (exact) mass is 384 g/mol. The molecule has 2 atom stereocenters. The number of nitrogens with zero attached hydrogens (tertiary/aromatic N) is 1. The van der Waals surface area contributed by atoms with Gasteiger partial charge in [0.1, 0.15) is 6.61 Å². The highest BCUT2D eigenvalue weighted by atomic mass is 16.5. The normalized spacial score (nSPS) is 20.1. The Bertz CT molecular complexity index is 776. The molecule has 28 heavy (non-hydrogen) atoms. The number of hydrogen-bond donors (Lipinski definition) is 2. The number of likely N-dealkylation sites (tertiary alicyclic amines) is 1. The van der Waals surface area contributed by atoms with Crippen molar-refractivity contribution < 1.29 is 14.6 Å². The van der Waals surface area contributed by atoms with Crippen LogP contribution in [0.3, 0.4) is 0 Å². The molecule has 2 unspecified atom stereocenters. The van der Waals surface area contributed by atoms with Gasteiger partial charge in [0, 0.05) is 19.0 Å². The second-order valence-electron chi connectivity index (χ2n) is 7.70. The van der Waals surface area contributed by atoms with Crippen LogP contribution in [-0.4, -0.2) is 42.9 Å². The van der Waals surface area contributed by atoms with E-state index >= 15 is 0 Å². The Labute approximate surface area is 168 Å². The Hall–Kier alpha value is -2.24. The summed E-state index contributed by atoms with van der Waals surface area (Å²) in [6.07, 6.45) is 1.33. The number of ether oxygens (including phenoxy) is 2. The third-order valence-corrected chi connectivity index (χ3v) is 5.59. The van der Waals surface area contributed by atoms with Crippen molar-refractivity contribution in [3.05, 3.63) is 53.1 Å².